The predicted octanol–water partition coefficient (Wildman–Crippen LogP) is 3.86. The highest BCUT2D eigenvalue weighted by Crippen LogP contribution is 2.57. The maximum absolute atomic E-state index is 12.3. The fourth-order valence-corrected chi connectivity index (χ4v) is 5.15. The van der Waals surface area contributed by atoms with Crippen LogP contribution in [-0.2, 0) is 5.41 Å². The molecular weight excluding hydrogens is 414 g/mol. The van der Waals surface area contributed by atoms with Gasteiger partial charge < -0.3 is 15.6 Å². The highest BCUT2D eigenvalue weighted by molar-refractivity contribution is 5.95. The minimum atomic E-state index is -0.595. The van der Waals surface area contributed by atoms with Crippen LogP contribution in [0.4, 0.5) is 0 Å². The molecule has 2 atom stereocenters. The summed E-state index contributed by atoms with van der Waals surface area (Å²) in [5, 5.41) is 11.4. The number of aliphatic hydroxyl groups is 1. The predicted molar refractivity (Wildman–Crippen MR) is 129 cm³/mol. The summed E-state index contributed by atoms with van der Waals surface area (Å²) in [5.74, 6) is 0.241. The zero-order chi connectivity index (χ0) is 23.3. The van der Waals surface area contributed by atoms with Crippen molar-refractivity contribution in [2.24, 2.45) is 5.73 Å². The number of aliphatic hydroxyl groups excluding tert-OH is 1. The Balaban J connectivity index is 1.63. The van der Waals surface area contributed by atoms with Gasteiger partial charge >= 0.3 is 0 Å². The van der Waals surface area contributed by atoms with Crippen molar-refractivity contribution in [2.45, 2.75) is 50.7 Å². The van der Waals surface area contributed by atoms with Gasteiger partial charge in [0.25, 0.3) is 0 Å². The molecule has 6 nitrogen and oxygen atoms in total. The molecule has 1 saturated heterocycles. The molecule has 3 aromatic rings. The van der Waals surface area contributed by atoms with Gasteiger partial charge in [-0.3, -0.25) is 14.7 Å². The van der Waals surface area contributed by atoms with E-state index in [0.717, 1.165) is 59.0 Å². The number of hydrogen-bond donors (Lipinski definition) is 2. The van der Waals surface area contributed by atoms with Gasteiger partial charge in [-0.1, -0.05) is 12.1 Å². The molecular formula is C27H31N3O3. The van der Waals surface area contributed by atoms with Gasteiger partial charge in [0.05, 0.1) is 11.6 Å². The van der Waals surface area contributed by atoms with Gasteiger partial charge in [0.2, 0.25) is 5.91 Å². The van der Waals surface area contributed by atoms with Crippen LogP contribution in [0.2, 0.25) is 0 Å². The zero-order valence-electron chi connectivity index (χ0n) is 19.5. The summed E-state index contributed by atoms with van der Waals surface area (Å²) in [5.41, 5.74) is 10.8. The number of primary amides is 1. The van der Waals surface area contributed by atoms with E-state index < -0.39 is 12.0 Å². The number of nitrogens with two attached hydrogens (primary N) is 1. The number of likely N-dealkylation sites (tertiary alicyclic amines) is 1. The van der Waals surface area contributed by atoms with E-state index in [0.29, 0.717) is 24.0 Å². The fourth-order valence-electron chi connectivity index (χ4n) is 5.15. The Hall–Kier alpha value is -2.96. The average molecular weight is 446 g/mol. The number of amides is 1. The lowest BCUT2D eigenvalue weighted by Crippen LogP contribution is -2.48. The molecule has 2 aliphatic rings. The van der Waals surface area contributed by atoms with Gasteiger partial charge in [-0.25, -0.2) is 0 Å². The number of aromatic nitrogens is 1. The van der Waals surface area contributed by atoms with E-state index in [1.54, 1.807) is 19.2 Å². The third kappa shape index (κ3) is 3.77. The van der Waals surface area contributed by atoms with Gasteiger partial charge in [0, 0.05) is 28.6 Å². The van der Waals surface area contributed by atoms with Crippen LogP contribution in [0.1, 0.15) is 64.9 Å². The van der Waals surface area contributed by atoms with Crippen molar-refractivity contribution in [3.05, 3.63) is 70.4 Å². The molecule has 33 heavy (non-hydrogen) atoms. The first-order chi connectivity index (χ1) is 15.8. The maximum atomic E-state index is 12.3. The van der Waals surface area contributed by atoms with Crippen LogP contribution in [0, 0.1) is 6.92 Å². The molecule has 0 radical (unpaired) electrons. The second-order valence-electron chi connectivity index (χ2n) is 9.64. The number of ether oxygens (including phenoxy) is 1. The van der Waals surface area contributed by atoms with Gasteiger partial charge in [0.1, 0.15) is 12.4 Å². The third-order valence-corrected chi connectivity index (χ3v) is 7.53. The summed E-state index contributed by atoms with van der Waals surface area (Å²) < 4.78 is 6.17. The molecule has 172 valence electrons. The lowest BCUT2D eigenvalue weighted by molar-refractivity contribution is 0.0767. The van der Waals surface area contributed by atoms with Gasteiger partial charge in [-0.2, -0.15) is 0 Å². The van der Waals surface area contributed by atoms with Gasteiger partial charge in [-0.15, -0.1) is 0 Å². The molecule has 2 fully saturated rings. The van der Waals surface area contributed by atoms with Crippen molar-refractivity contribution < 1.29 is 14.6 Å². The molecule has 3 N–H and O–H groups in total. The first-order valence-electron chi connectivity index (χ1n) is 11.7. The highest BCUT2D eigenvalue weighted by atomic mass is 16.5. The smallest absolute Gasteiger partial charge is 0.249 e. The van der Waals surface area contributed by atoms with E-state index in [2.05, 4.69) is 35.1 Å². The van der Waals surface area contributed by atoms with Crippen molar-refractivity contribution in [3.63, 3.8) is 0 Å². The number of likely N-dealkylation sites (N-methyl/N-ethyl adjacent to an activating group) is 1. The Bertz CT molecular complexity index is 1230. The van der Waals surface area contributed by atoms with Gasteiger partial charge in [0.15, 0.2) is 0 Å². The molecule has 0 bridgehead atoms. The van der Waals surface area contributed by atoms with E-state index in [1.807, 2.05) is 19.1 Å². The summed E-state index contributed by atoms with van der Waals surface area (Å²) in [4.78, 5) is 19.2. The average Bonchev–Trinajstić information content (AvgIpc) is 3.59. The van der Waals surface area contributed by atoms with Crippen LogP contribution in [0.25, 0.3) is 10.9 Å². The van der Waals surface area contributed by atoms with Crippen LogP contribution >= 0.6 is 0 Å². The van der Waals surface area contributed by atoms with E-state index >= 15 is 0 Å². The molecule has 1 aliphatic carbocycles. The van der Waals surface area contributed by atoms with Gasteiger partial charge in [-0.05, 0) is 93.2 Å². The molecule has 2 heterocycles. The normalized spacial score (nSPS) is 20.3. The number of fused-ring (bicyclic) bond motifs is 1. The SMILES string of the molecule is Cc1c(C(N)=O)cc(OC[C@@H]2CCN2C)cc1C1(c2cc(C(C)O)cc3ncccc23)CC1. The fraction of sp³-hybridized carbons (Fsp3) is 0.407. The Morgan fingerprint density at radius 1 is 1.30 bits per heavy atom. The minimum absolute atomic E-state index is 0.257. The molecule has 5 rings (SSSR count). The van der Waals surface area contributed by atoms with E-state index in [1.165, 1.54) is 0 Å². The largest absolute Gasteiger partial charge is 0.492 e. The van der Waals surface area contributed by atoms with Crippen molar-refractivity contribution in [2.75, 3.05) is 20.2 Å². The standard InChI is InChI=1S/C27H31N3O3/c1-16-22(26(28)32)13-20(33-15-19-6-10-30(19)3)14-23(16)27(7-8-27)24-11-18(17(2)31)12-25-21(24)5-4-9-29-25/h4-5,9,11-14,17,19,31H,6-8,10,15H2,1-3H3,(H2,28,32)/t17?,19-/m0/s1. The molecule has 1 aromatic heterocycles. The van der Waals surface area contributed by atoms with Crippen molar-refractivity contribution in [1.29, 1.82) is 0 Å². The van der Waals surface area contributed by atoms with Crippen LogP contribution in [-0.4, -0.2) is 47.1 Å². The Morgan fingerprint density at radius 3 is 2.70 bits per heavy atom. The zero-order valence-corrected chi connectivity index (χ0v) is 19.5. The highest BCUT2D eigenvalue weighted by Gasteiger charge is 2.48. The first kappa shape index (κ1) is 21.9. The lowest BCUT2D eigenvalue weighted by Gasteiger charge is -2.37. The van der Waals surface area contributed by atoms with E-state index in [-0.39, 0.29) is 5.41 Å². The third-order valence-electron chi connectivity index (χ3n) is 7.53. The van der Waals surface area contributed by atoms with E-state index in [4.69, 9.17) is 10.5 Å². The molecule has 1 saturated carbocycles. The Kier molecular flexibility index (Phi) is 5.38. The molecule has 1 unspecified atom stereocenters. The number of pyridine rings is 1. The second kappa shape index (κ2) is 8.12. The topological polar surface area (TPSA) is 88.7 Å². The Labute approximate surface area is 194 Å². The lowest BCUT2D eigenvalue weighted by atomic mass is 9.81. The van der Waals surface area contributed by atoms with Crippen molar-refractivity contribution in [3.8, 4) is 5.75 Å². The summed E-state index contributed by atoms with van der Waals surface area (Å²) in [6.07, 6.45) is 4.21. The number of carbonyl (C=O) groups excluding carboxylic acids is 1. The van der Waals surface area contributed by atoms with Crippen LogP contribution in [0.3, 0.4) is 0 Å². The number of nitrogens with zero attached hydrogens (tertiary/aromatic N) is 2. The Morgan fingerprint density at radius 2 is 2.09 bits per heavy atom. The second-order valence-corrected chi connectivity index (χ2v) is 9.64. The number of benzene rings is 2. The van der Waals surface area contributed by atoms with Crippen LogP contribution in [0.15, 0.2) is 42.6 Å². The molecule has 1 aliphatic heterocycles. The van der Waals surface area contributed by atoms with Crippen molar-refractivity contribution in [1.82, 2.24) is 9.88 Å². The van der Waals surface area contributed by atoms with Crippen LogP contribution < -0.4 is 10.5 Å². The molecule has 0 spiro atoms. The van der Waals surface area contributed by atoms with E-state index in [9.17, 15) is 9.90 Å². The maximum Gasteiger partial charge on any atom is 0.249 e. The monoisotopic (exact) mass is 445 g/mol. The summed E-state index contributed by atoms with van der Waals surface area (Å²) in [6, 6.07) is 12.4. The summed E-state index contributed by atoms with van der Waals surface area (Å²) in [7, 11) is 2.10. The molecule has 6 heteroatoms. The molecule has 2 aromatic carbocycles. The summed E-state index contributed by atoms with van der Waals surface area (Å²) >= 11 is 0. The number of carbonyl (C=O) groups is 1. The van der Waals surface area contributed by atoms with Crippen LogP contribution in [0.5, 0.6) is 5.75 Å². The summed E-state index contributed by atoms with van der Waals surface area (Å²) in [6.45, 7) is 5.42. The quantitative estimate of drug-likeness (QED) is 0.577. The first-order valence-corrected chi connectivity index (χ1v) is 11.7. The number of hydrogen-bond acceptors (Lipinski definition) is 5. The number of rotatable bonds is 7. The van der Waals surface area contributed by atoms with Crippen molar-refractivity contribution >= 4 is 16.8 Å². The minimum Gasteiger partial charge on any atom is -0.492 e. The molecule has 1 amide bonds.